The van der Waals surface area contributed by atoms with Crippen LogP contribution in [0.5, 0.6) is 5.75 Å². The van der Waals surface area contributed by atoms with Crippen LogP contribution in [0.4, 0.5) is 0 Å². The number of nitrogens with one attached hydrogen (secondary N) is 1. The summed E-state index contributed by atoms with van der Waals surface area (Å²) in [5.41, 5.74) is 0. The standard InChI is InChI=1S/C13H21NO2/c1-12(11-15-2)10-14-8-9-16-13-6-4-3-5-7-13/h3-7,12,14H,8-11H2,1-2H3. The molecular formula is C13H21NO2. The highest BCUT2D eigenvalue weighted by Crippen LogP contribution is 2.07. The van der Waals surface area contributed by atoms with Gasteiger partial charge in [0.1, 0.15) is 12.4 Å². The van der Waals surface area contributed by atoms with E-state index in [0.29, 0.717) is 12.5 Å². The predicted molar refractivity (Wildman–Crippen MR) is 65.8 cm³/mol. The Hall–Kier alpha value is -1.06. The van der Waals surface area contributed by atoms with E-state index in [0.717, 1.165) is 25.4 Å². The van der Waals surface area contributed by atoms with Gasteiger partial charge in [0.15, 0.2) is 0 Å². The Kier molecular flexibility index (Phi) is 6.61. The Morgan fingerprint density at radius 2 is 2.00 bits per heavy atom. The van der Waals surface area contributed by atoms with Crippen LogP contribution >= 0.6 is 0 Å². The van der Waals surface area contributed by atoms with E-state index in [2.05, 4.69) is 12.2 Å². The van der Waals surface area contributed by atoms with Crippen molar-refractivity contribution in [3.05, 3.63) is 30.3 Å². The van der Waals surface area contributed by atoms with E-state index < -0.39 is 0 Å². The molecule has 3 heteroatoms. The second kappa shape index (κ2) is 8.13. The van der Waals surface area contributed by atoms with E-state index in [4.69, 9.17) is 9.47 Å². The molecule has 0 saturated heterocycles. The first-order valence-electron chi connectivity index (χ1n) is 5.70. The minimum absolute atomic E-state index is 0.543. The summed E-state index contributed by atoms with van der Waals surface area (Å²) >= 11 is 0. The minimum atomic E-state index is 0.543. The molecular weight excluding hydrogens is 202 g/mol. The van der Waals surface area contributed by atoms with E-state index in [1.54, 1.807) is 7.11 Å². The first-order valence-corrected chi connectivity index (χ1v) is 5.70. The third-order valence-electron chi connectivity index (χ3n) is 2.23. The molecule has 0 aromatic heterocycles. The number of benzene rings is 1. The predicted octanol–water partition coefficient (Wildman–Crippen LogP) is 1.94. The van der Waals surface area contributed by atoms with E-state index in [1.807, 2.05) is 30.3 Å². The number of rotatable bonds is 8. The normalized spacial score (nSPS) is 12.4. The maximum atomic E-state index is 5.55. The summed E-state index contributed by atoms with van der Waals surface area (Å²) in [4.78, 5) is 0. The van der Waals surface area contributed by atoms with Crippen LogP contribution in [0.1, 0.15) is 6.92 Å². The number of methoxy groups -OCH3 is 1. The highest BCUT2D eigenvalue weighted by atomic mass is 16.5. The molecule has 0 saturated carbocycles. The van der Waals surface area contributed by atoms with Crippen LogP contribution in [0, 0.1) is 5.92 Å². The molecule has 90 valence electrons. The van der Waals surface area contributed by atoms with Crippen LogP contribution in [0.25, 0.3) is 0 Å². The zero-order chi connectivity index (χ0) is 11.6. The number of hydrogen-bond acceptors (Lipinski definition) is 3. The van der Waals surface area contributed by atoms with Crippen molar-refractivity contribution < 1.29 is 9.47 Å². The molecule has 1 rings (SSSR count). The molecule has 0 radical (unpaired) electrons. The summed E-state index contributed by atoms with van der Waals surface area (Å²) in [5, 5.41) is 3.34. The molecule has 1 unspecified atom stereocenters. The molecule has 1 atom stereocenters. The SMILES string of the molecule is COCC(C)CNCCOc1ccccc1. The molecule has 0 aliphatic rings. The lowest BCUT2D eigenvalue weighted by Gasteiger charge is -2.11. The van der Waals surface area contributed by atoms with Crippen LogP contribution in [0.3, 0.4) is 0 Å². The molecule has 1 N–H and O–H groups in total. The van der Waals surface area contributed by atoms with Crippen molar-refractivity contribution >= 4 is 0 Å². The average Bonchev–Trinajstić information content (AvgIpc) is 2.30. The van der Waals surface area contributed by atoms with Crippen molar-refractivity contribution in [3.63, 3.8) is 0 Å². The lowest BCUT2D eigenvalue weighted by molar-refractivity contribution is 0.157. The van der Waals surface area contributed by atoms with E-state index >= 15 is 0 Å². The molecule has 3 nitrogen and oxygen atoms in total. The Morgan fingerprint density at radius 1 is 1.25 bits per heavy atom. The Bertz CT molecular complexity index is 264. The lowest BCUT2D eigenvalue weighted by Crippen LogP contribution is -2.27. The molecule has 0 bridgehead atoms. The van der Waals surface area contributed by atoms with Gasteiger partial charge in [-0.2, -0.15) is 0 Å². The summed E-state index contributed by atoms with van der Waals surface area (Å²) in [7, 11) is 1.73. The molecule has 0 aliphatic heterocycles. The zero-order valence-corrected chi connectivity index (χ0v) is 10.1. The van der Waals surface area contributed by atoms with Gasteiger partial charge in [-0.1, -0.05) is 25.1 Å². The maximum Gasteiger partial charge on any atom is 0.119 e. The highest BCUT2D eigenvalue weighted by Gasteiger charge is 1.99. The molecule has 0 fully saturated rings. The number of ether oxygens (including phenoxy) is 2. The Morgan fingerprint density at radius 3 is 2.69 bits per heavy atom. The van der Waals surface area contributed by atoms with Crippen LogP contribution in [0.15, 0.2) is 30.3 Å². The average molecular weight is 223 g/mol. The lowest BCUT2D eigenvalue weighted by atomic mass is 10.2. The second-order valence-corrected chi connectivity index (χ2v) is 3.93. The summed E-state index contributed by atoms with van der Waals surface area (Å²) in [6.07, 6.45) is 0. The molecule has 1 aromatic rings. The fourth-order valence-electron chi connectivity index (χ4n) is 1.45. The molecule has 0 heterocycles. The smallest absolute Gasteiger partial charge is 0.119 e. The Balaban J connectivity index is 2.00. The van der Waals surface area contributed by atoms with Crippen molar-refractivity contribution in [1.29, 1.82) is 0 Å². The van der Waals surface area contributed by atoms with Gasteiger partial charge >= 0.3 is 0 Å². The van der Waals surface area contributed by atoms with Crippen LogP contribution < -0.4 is 10.1 Å². The number of para-hydroxylation sites is 1. The summed E-state index contributed by atoms with van der Waals surface area (Å²) in [6.45, 7) is 5.49. The van der Waals surface area contributed by atoms with Gasteiger partial charge in [0, 0.05) is 26.8 Å². The van der Waals surface area contributed by atoms with Crippen LogP contribution in [-0.2, 0) is 4.74 Å². The first kappa shape index (κ1) is 13.0. The molecule has 0 aliphatic carbocycles. The van der Waals surface area contributed by atoms with Gasteiger partial charge in [-0.25, -0.2) is 0 Å². The van der Waals surface area contributed by atoms with Crippen LogP contribution in [-0.4, -0.2) is 33.4 Å². The van der Waals surface area contributed by atoms with Gasteiger partial charge in [-0.15, -0.1) is 0 Å². The molecule has 16 heavy (non-hydrogen) atoms. The third-order valence-corrected chi connectivity index (χ3v) is 2.23. The minimum Gasteiger partial charge on any atom is -0.492 e. The van der Waals surface area contributed by atoms with Gasteiger partial charge in [0.25, 0.3) is 0 Å². The first-order chi connectivity index (χ1) is 7.83. The Labute approximate surface area is 97.8 Å². The van der Waals surface area contributed by atoms with Crippen LogP contribution in [0.2, 0.25) is 0 Å². The quantitative estimate of drug-likeness (QED) is 0.683. The summed E-state index contributed by atoms with van der Waals surface area (Å²) in [6, 6.07) is 9.87. The topological polar surface area (TPSA) is 30.5 Å². The third kappa shape index (κ3) is 5.73. The zero-order valence-electron chi connectivity index (χ0n) is 10.1. The highest BCUT2D eigenvalue weighted by molar-refractivity contribution is 5.20. The summed E-state index contributed by atoms with van der Waals surface area (Å²) < 4.78 is 10.6. The molecule has 0 amide bonds. The van der Waals surface area contributed by atoms with Crippen molar-refractivity contribution in [2.24, 2.45) is 5.92 Å². The van der Waals surface area contributed by atoms with E-state index in [1.165, 1.54) is 0 Å². The summed E-state index contributed by atoms with van der Waals surface area (Å²) in [5.74, 6) is 1.47. The van der Waals surface area contributed by atoms with Crippen molar-refractivity contribution in [2.45, 2.75) is 6.92 Å². The fourth-order valence-corrected chi connectivity index (χ4v) is 1.45. The van der Waals surface area contributed by atoms with E-state index in [9.17, 15) is 0 Å². The van der Waals surface area contributed by atoms with E-state index in [-0.39, 0.29) is 0 Å². The largest absolute Gasteiger partial charge is 0.492 e. The van der Waals surface area contributed by atoms with Gasteiger partial charge in [-0.3, -0.25) is 0 Å². The van der Waals surface area contributed by atoms with Crippen molar-refractivity contribution in [2.75, 3.05) is 33.4 Å². The second-order valence-electron chi connectivity index (χ2n) is 3.93. The fraction of sp³-hybridized carbons (Fsp3) is 0.538. The molecule has 0 spiro atoms. The van der Waals surface area contributed by atoms with Gasteiger partial charge < -0.3 is 14.8 Å². The van der Waals surface area contributed by atoms with Gasteiger partial charge in [0.2, 0.25) is 0 Å². The maximum absolute atomic E-state index is 5.55. The molecule has 1 aromatic carbocycles. The van der Waals surface area contributed by atoms with Crippen molar-refractivity contribution in [3.8, 4) is 5.75 Å². The monoisotopic (exact) mass is 223 g/mol. The van der Waals surface area contributed by atoms with Gasteiger partial charge in [-0.05, 0) is 18.1 Å². The van der Waals surface area contributed by atoms with Gasteiger partial charge in [0.05, 0.1) is 0 Å². The number of hydrogen-bond donors (Lipinski definition) is 1. The van der Waals surface area contributed by atoms with Crippen molar-refractivity contribution in [1.82, 2.24) is 5.32 Å².